The number of nitrogens with one attached hydrogen (secondary N) is 2. The molecule has 44 heavy (non-hydrogen) atoms. The number of pyridine rings is 2. The van der Waals surface area contributed by atoms with Gasteiger partial charge in [0.25, 0.3) is 17.7 Å². The molecule has 7 rings (SSSR count). The second kappa shape index (κ2) is 11.1. The molecule has 1 spiro atoms. The summed E-state index contributed by atoms with van der Waals surface area (Å²) >= 11 is 0. The highest BCUT2D eigenvalue weighted by Crippen LogP contribution is 2.57. The van der Waals surface area contributed by atoms with Gasteiger partial charge in [0.15, 0.2) is 11.4 Å². The second-order valence-corrected chi connectivity index (χ2v) is 12.4. The largest absolute Gasteiger partial charge is 0.488 e. The summed E-state index contributed by atoms with van der Waals surface area (Å²) in [5, 5.41) is 6.34. The van der Waals surface area contributed by atoms with E-state index in [0.29, 0.717) is 60.3 Å². The van der Waals surface area contributed by atoms with Crippen molar-refractivity contribution in [2.45, 2.75) is 56.6 Å². The zero-order valence-corrected chi connectivity index (χ0v) is 24.5. The predicted octanol–water partition coefficient (Wildman–Crippen LogP) is 4.44. The lowest BCUT2D eigenvalue weighted by atomic mass is 9.61. The summed E-state index contributed by atoms with van der Waals surface area (Å²) in [7, 11) is 0. The molecule has 2 amide bonds. The van der Waals surface area contributed by atoms with E-state index in [4.69, 9.17) is 14.5 Å². The fourth-order valence-electron chi connectivity index (χ4n) is 6.77. The van der Waals surface area contributed by atoms with Gasteiger partial charge in [0.2, 0.25) is 5.88 Å². The molecule has 2 N–H and O–H groups in total. The molecule has 4 fully saturated rings. The first-order valence-corrected chi connectivity index (χ1v) is 15.3. The van der Waals surface area contributed by atoms with Gasteiger partial charge >= 0.3 is 0 Å². The molecule has 2 atom stereocenters. The summed E-state index contributed by atoms with van der Waals surface area (Å²) in [6.45, 7) is 4.99. The first-order valence-electron chi connectivity index (χ1n) is 15.3. The summed E-state index contributed by atoms with van der Waals surface area (Å²) in [5.74, 6) is -3.25. The number of carbonyl (C=O) groups is 2. The van der Waals surface area contributed by atoms with Crippen LogP contribution in [0.4, 0.5) is 8.78 Å². The summed E-state index contributed by atoms with van der Waals surface area (Å²) in [4.78, 5) is 37.5. The lowest BCUT2D eigenvalue weighted by Gasteiger charge is -2.58. The Morgan fingerprint density at radius 1 is 1.09 bits per heavy atom. The summed E-state index contributed by atoms with van der Waals surface area (Å²) < 4.78 is 39.6. The zero-order chi connectivity index (χ0) is 30.5. The first-order chi connectivity index (χ1) is 21.2. The van der Waals surface area contributed by atoms with Crippen molar-refractivity contribution in [3.05, 3.63) is 71.5 Å². The van der Waals surface area contributed by atoms with E-state index in [-0.39, 0.29) is 41.5 Å². The van der Waals surface area contributed by atoms with Crippen LogP contribution in [0.2, 0.25) is 0 Å². The van der Waals surface area contributed by atoms with Crippen LogP contribution >= 0.6 is 0 Å². The molecule has 1 unspecified atom stereocenters. The Morgan fingerprint density at radius 3 is 2.61 bits per heavy atom. The maximum atomic E-state index is 13.8. The quantitative estimate of drug-likeness (QED) is 0.373. The molecule has 9 nitrogen and oxygen atoms in total. The van der Waals surface area contributed by atoms with E-state index in [0.717, 1.165) is 25.8 Å². The number of benzene rings is 1. The molecule has 2 saturated carbocycles. The molecule has 1 aromatic carbocycles. The first kappa shape index (κ1) is 28.6. The van der Waals surface area contributed by atoms with Crippen LogP contribution < -0.4 is 20.1 Å². The van der Waals surface area contributed by atoms with Gasteiger partial charge in [0, 0.05) is 49.3 Å². The monoisotopic (exact) mass is 603 g/mol. The average molecular weight is 604 g/mol. The molecule has 2 saturated heterocycles. The second-order valence-electron chi connectivity index (χ2n) is 12.4. The maximum absolute atomic E-state index is 13.8. The van der Waals surface area contributed by atoms with Crippen molar-refractivity contribution in [3.63, 3.8) is 0 Å². The summed E-state index contributed by atoms with van der Waals surface area (Å²) in [6.07, 6.45) is 3.61. The highest BCUT2D eigenvalue weighted by molar-refractivity contribution is 5.97. The Hall–Kier alpha value is -4.12. The third-order valence-corrected chi connectivity index (χ3v) is 9.14. The van der Waals surface area contributed by atoms with Gasteiger partial charge in [-0.15, -0.1) is 0 Å². The molecule has 230 valence electrons. The Balaban J connectivity index is 1.03. The van der Waals surface area contributed by atoms with Gasteiger partial charge in [-0.05, 0) is 68.6 Å². The number of rotatable bonds is 9. The van der Waals surface area contributed by atoms with E-state index in [1.54, 1.807) is 47.5 Å². The Labute approximate surface area is 254 Å². The molecular formula is C33H35F2N5O4. The summed E-state index contributed by atoms with van der Waals surface area (Å²) in [5.41, 5.74) is 2.20. The van der Waals surface area contributed by atoms with Crippen LogP contribution in [-0.2, 0) is 0 Å². The van der Waals surface area contributed by atoms with E-state index in [1.165, 1.54) is 0 Å². The number of hydrogen-bond donors (Lipinski definition) is 2. The van der Waals surface area contributed by atoms with Crippen molar-refractivity contribution in [2.24, 2.45) is 5.41 Å². The van der Waals surface area contributed by atoms with Gasteiger partial charge in [-0.3, -0.25) is 9.59 Å². The van der Waals surface area contributed by atoms with Crippen LogP contribution in [0.1, 0.15) is 64.9 Å². The average Bonchev–Trinajstić information content (AvgIpc) is 3.33. The molecule has 2 aliphatic carbocycles. The SMILES string of the molecule is CCOc1ncccc1-c1ccc(OC2CC3(C2)CN(C(=O)c2ccccc2C2CC2(F)F)C3)c(C(=O)N[C@@H]2CCNC2)n1. The lowest BCUT2D eigenvalue weighted by Crippen LogP contribution is -2.65. The van der Waals surface area contributed by atoms with Gasteiger partial charge in [-0.1, -0.05) is 18.2 Å². The topological polar surface area (TPSA) is 106 Å². The number of halogens is 2. The number of ether oxygens (including phenoxy) is 2. The number of aromatic nitrogens is 2. The maximum Gasteiger partial charge on any atom is 0.274 e. The Morgan fingerprint density at radius 2 is 1.89 bits per heavy atom. The number of alkyl halides is 2. The van der Waals surface area contributed by atoms with Crippen LogP contribution in [0.15, 0.2) is 54.7 Å². The molecule has 2 aliphatic heterocycles. The van der Waals surface area contributed by atoms with E-state index in [9.17, 15) is 18.4 Å². The van der Waals surface area contributed by atoms with E-state index < -0.39 is 11.8 Å². The molecule has 4 heterocycles. The minimum absolute atomic E-state index is 0.0138. The fourth-order valence-corrected chi connectivity index (χ4v) is 6.77. The van der Waals surface area contributed by atoms with Crippen LogP contribution in [-0.4, -0.2) is 77.5 Å². The van der Waals surface area contributed by atoms with E-state index in [1.807, 2.05) is 19.1 Å². The number of hydrogen-bond acceptors (Lipinski definition) is 7. The lowest BCUT2D eigenvalue weighted by molar-refractivity contribution is -0.103. The number of nitrogens with zero attached hydrogens (tertiary/aromatic N) is 3. The van der Waals surface area contributed by atoms with Crippen LogP contribution in [0.25, 0.3) is 11.3 Å². The molecule has 0 radical (unpaired) electrons. The van der Waals surface area contributed by atoms with Crippen LogP contribution in [0.5, 0.6) is 11.6 Å². The smallest absolute Gasteiger partial charge is 0.274 e. The van der Waals surface area contributed by atoms with E-state index >= 15 is 0 Å². The van der Waals surface area contributed by atoms with Crippen molar-refractivity contribution in [1.29, 1.82) is 0 Å². The molecule has 2 aromatic heterocycles. The van der Waals surface area contributed by atoms with Crippen molar-refractivity contribution >= 4 is 11.8 Å². The standard InChI is InChI=1S/C33H35F2N5O4/c1-2-43-30-24(8-5-12-37-30)26-9-10-27(28(39-26)29(41)38-20-11-13-36-17-20)44-21-14-32(15-21)18-40(19-32)31(42)23-7-4-3-6-22(23)25-16-33(25,34)35/h3-10,12,20-21,25,36H,2,11,13-19H2,1H3,(H,38,41)/t20-,25?/m1/s1. The fraction of sp³-hybridized carbons (Fsp3) is 0.455. The van der Waals surface area contributed by atoms with Gasteiger partial charge < -0.3 is 25.0 Å². The van der Waals surface area contributed by atoms with Gasteiger partial charge in [0.05, 0.1) is 23.8 Å². The number of likely N-dealkylation sites (tertiary alicyclic amines) is 1. The van der Waals surface area contributed by atoms with Crippen LogP contribution in [0.3, 0.4) is 0 Å². The zero-order valence-electron chi connectivity index (χ0n) is 24.5. The third kappa shape index (κ3) is 5.38. The highest BCUT2D eigenvalue weighted by Gasteiger charge is 2.59. The van der Waals surface area contributed by atoms with Gasteiger partial charge in [-0.2, -0.15) is 0 Å². The highest BCUT2D eigenvalue weighted by atomic mass is 19.3. The Bertz CT molecular complexity index is 1580. The van der Waals surface area contributed by atoms with Crippen molar-refractivity contribution in [3.8, 4) is 22.9 Å². The van der Waals surface area contributed by atoms with Crippen molar-refractivity contribution in [2.75, 3.05) is 32.8 Å². The normalized spacial score (nSPS) is 23.0. The Kier molecular flexibility index (Phi) is 7.23. The molecule has 11 heteroatoms. The van der Waals surface area contributed by atoms with E-state index in [2.05, 4.69) is 15.6 Å². The number of carbonyl (C=O) groups excluding carboxylic acids is 2. The van der Waals surface area contributed by atoms with Crippen molar-refractivity contribution < 1.29 is 27.8 Å². The number of amides is 2. The van der Waals surface area contributed by atoms with Crippen LogP contribution in [0, 0.1) is 5.41 Å². The molecule has 3 aromatic rings. The minimum atomic E-state index is -2.73. The minimum Gasteiger partial charge on any atom is -0.488 e. The summed E-state index contributed by atoms with van der Waals surface area (Å²) in [6, 6.07) is 14.0. The molecular weight excluding hydrogens is 568 g/mol. The third-order valence-electron chi connectivity index (χ3n) is 9.14. The van der Waals surface area contributed by atoms with Gasteiger partial charge in [0.1, 0.15) is 6.10 Å². The predicted molar refractivity (Wildman–Crippen MR) is 158 cm³/mol. The molecule has 4 aliphatic rings. The molecule has 0 bridgehead atoms. The van der Waals surface area contributed by atoms with Gasteiger partial charge in [-0.25, -0.2) is 18.7 Å². The van der Waals surface area contributed by atoms with Crippen molar-refractivity contribution in [1.82, 2.24) is 25.5 Å².